The molecular formula is C21H20N2O7S. The predicted molar refractivity (Wildman–Crippen MR) is 111 cm³/mol. The number of carbonyl (C=O) groups excluding carboxylic acids is 1. The van der Waals surface area contributed by atoms with E-state index in [4.69, 9.17) is 13.7 Å². The lowest BCUT2D eigenvalue weighted by Gasteiger charge is -2.13. The minimum absolute atomic E-state index is 0.0225. The van der Waals surface area contributed by atoms with E-state index in [0.717, 1.165) is 16.3 Å². The monoisotopic (exact) mass is 444 g/mol. The predicted octanol–water partition coefficient (Wildman–Crippen LogP) is 2.49. The largest absolute Gasteiger partial charge is 0.497 e. The molecule has 9 nitrogen and oxygen atoms in total. The molecule has 0 spiro atoms. The van der Waals surface area contributed by atoms with E-state index in [-0.39, 0.29) is 11.5 Å². The molecule has 1 heterocycles. The lowest BCUT2D eigenvalue weighted by Crippen LogP contribution is -2.26. The number of benzene rings is 2. The van der Waals surface area contributed by atoms with Crippen LogP contribution < -0.4 is 14.5 Å². The van der Waals surface area contributed by atoms with Crippen LogP contribution in [-0.2, 0) is 14.9 Å². The Kier molecular flexibility index (Phi) is 6.40. The molecule has 0 amide bonds. The van der Waals surface area contributed by atoms with Crippen LogP contribution in [0.1, 0.15) is 23.0 Å². The molecule has 0 fully saturated rings. The molecule has 0 saturated carbocycles. The van der Waals surface area contributed by atoms with Crippen molar-refractivity contribution in [3.8, 4) is 17.2 Å². The Balaban J connectivity index is 2.10. The molecule has 0 aliphatic rings. The van der Waals surface area contributed by atoms with Crippen LogP contribution in [-0.4, -0.2) is 37.9 Å². The van der Waals surface area contributed by atoms with Crippen LogP contribution in [0.15, 0.2) is 64.3 Å². The average molecular weight is 444 g/mol. The molecule has 0 bridgehead atoms. The molecule has 0 radical (unpaired) electrons. The van der Waals surface area contributed by atoms with E-state index in [2.05, 4.69) is 5.10 Å². The molecule has 3 aromatic rings. The second-order valence-corrected chi connectivity index (χ2v) is 7.87. The van der Waals surface area contributed by atoms with Gasteiger partial charge in [-0.15, -0.1) is 0 Å². The number of hydrogen-bond acceptors (Lipinski definition) is 8. The quantitative estimate of drug-likeness (QED) is 0.403. The lowest BCUT2D eigenvalue weighted by atomic mass is 10.2. The number of ether oxygens (including phenoxy) is 2. The molecule has 10 heteroatoms. The zero-order valence-electron chi connectivity index (χ0n) is 17.1. The SMILES string of the molecule is CCOC(=O)c1nn(-c2ccccc2C)c(=O)cc1OS(=O)(=O)c1ccc(OC)cc1. The number of hydrogen-bond donors (Lipinski definition) is 0. The number of aryl methyl sites for hydroxylation is 1. The minimum atomic E-state index is -4.36. The van der Waals surface area contributed by atoms with Gasteiger partial charge in [0, 0.05) is 0 Å². The topological polar surface area (TPSA) is 114 Å². The van der Waals surface area contributed by atoms with Crippen molar-refractivity contribution in [3.63, 3.8) is 0 Å². The van der Waals surface area contributed by atoms with E-state index in [9.17, 15) is 18.0 Å². The van der Waals surface area contributed by atoms with Crippen molar-refractivity contribution in [2.75, 3.05) is 13.7 Å². The highest BCUT2D eigenvalue weighted by Gasteiger charge is 2.25. The summed E-state index contributed by atoms with van der Waals surface area (Å²) in [5, 5.41) is 4.05. The number of para-hydroxylation sites is 1. The third-order valence-electron chi connectivity index (χ3n) is 4.26. The average Bonchev–Trinajstić information content (AvgIpc) is 2.74. The first-order chi connectivity index (χ1) is 14.8. The van der Waals surface area contributed by atoms with Gasteiger partial charge in [-0.3, -0.25) is 4.79 Å². The van der Waals surface area contributed by atoms with E-state index in [1.807, 2.05) is 0 Å². The summed E-state index contributed by atoms with van der Waals surface area (Å²) >= 11 is 0. The van der Waals surface area contributed by atoms with E-state index in [1.54, 1.807) is 38.1 Å². The maximum atomic E-state index is 12.7. The summed E-state index contributed by atoms with van der Waals surface area (Å²) in [5.41, 5.74) is 0.0399. The number of rotatable bonds is 7. The van der Waals surface area contributed by atoms with E-state index >= 15 is 0 Å². The van der Waals surface area contributed by atoms with Gasteiger partial charge in [0.15, 0.2) is 5.75 Å². The van der Waals surface area contributed by atoms with Gasteiger partial charge in [0.2, 0.25) is 5.69 Å². The van der Waals surface area contributed by atoms with E-state index < -0.39 is 33.1 Å². The van der Waals surface area contributed by atoms with Crippen LogP contribution >= 0.6 is 0 Å². The molecule has 0 aliphatic carbocycles. The third kappa shape index (κ3) is 4.75. The summed E-state index contributed by atoms with van der Waals surface area (Å²) in [7, 11) is -2.92. The Morgan fingerprint density at radius 1 is 1.10 bits per heavy atom. The molecule has 0 aliphatic heterocycles. The van der Waals surface area contributed by atoms with Gasteiger partial charge in [-0.25, -0.2) is 4.79 Å². The first kappa shape index (κ1) is 22.0. The van der Waals surface area contributed by atoms with Gasteiger partial charge >= 0.3 is 16.1 Å². The summed E-state index contributed by atoms with van der Waals surface area (Å²) in [5.74, 6) is -0.998. The molecule has 162 valence electrons. The Bertz CT molecular complexity index is 1270. The molecule has 0 atom stereocenters. The van der Waals surface area contributed by atoms with Crippen LogP contribution in [0.2, 0.25) is 0 Å². The zero-order valence-corrected chi connectivity index (χ0v) is 17.9. The fourth-order valence-corrected chi connectivity index (χ4v) is 3.66. The summed E-state index contributed by atoms with van der Waals surface area (Å²) in [6.07, 6.45) is 0. The Hall–Kier alpha value is -3.66. The molecule has 0 unspecified atom stereocenters. The molecule has 2 aromatic carbocycles. The molecule has 0 saturated heterocycles. The molecule has 3 rings (SSSR count). The lowest BCUT2D eigenvalue weighted by molar-refractivity contribution is 0.0515. The number of carbonyl (C=O) groups is 1. The van der Waals surface area contributed by atoms with Crippen molar-refractivity contribution in [2.24, 2.45) is 0 Å². The van der Waals surface area contributed by atoms with E-state index in [1.165, 1.54) is 31.4 Å². The fourth-order valence-electron chi connectivity index (χ4n) is 2.73. The van der Waals surface area contributed by atoms with Crippen molar-refractivity contribution in [3.05, 3.63) is 76.2 Å². The highest BCUT2D eigenvalue weighted by Crippen LogP contribution is 2.23. The number of methoxy groups -OCH3 is 1. The van der Waals surface area contributed by atoms with Gasteiger partial charge in [0.1, 0.15) is 10.6 Å². The molecular weight excluding hydrogens is 424 g/mol. The first-order valence-corrected chi connectivity index (χ1v) is 10.6. The van der Waals surface area contributed by atoms with Crippen LogP contribution in [0.4, 0.5) is 0 Å². The second-order valence-electron chi connectivity index (χ2n) is 6.33. The van der Waals surface area contributed by atoms with Crippen molar-refractivity contribution < 1.29 is 26.9 Å². The standard InChI is InChI=1S/C21H20N2O7S/c1-4-29-21(25)20-18(30-31(26,27)16-11-9-15(28-3)10-12-16)13-19(24)23(22-20)17-8-6-5-7-14(17)2/h5-13H,4H2,1-3H3. The normalized spacial score (nSPS) is 11.1. The van der Waals surface area contributed by atoms with Crippen LogP contribution in [0, 0.1) is 6.92 Å². The maximum Gasteiger partial charge on any atom is 0.362 e. The second kappa shape index (κ2) is 9.00. The maximum absolute atomic E-state index is 12.7. The smallest absolute Gasteiger partial charge is 0.362 e. The molecule has 1 aromatic heterocycles. The molecule has 31 heavy (non-hydrogen) atoms. The first-order valence-electron chi connectivity index (χ1n) is 9.23. The molecule has 0 N–H and O–H groups in total. The van der Waals surface area contributed by atoms with Gasteiger partial charge in [-0.2, -0.15) is 18.2 Å². The van der Waals surface area contributed by atoms with Gasteiger partial charge in [0.25, 0.3) is 5.56 Å². The summed E-state index contributed by atoms with van der Waals surface area (Å²) in [6.45, 7) is 3.38. The minimum Gasteiger partial charge on any atom is -0.497 e. The summed E-state index contributed by atoms with van der Waals surface area (Å²) in [4.78, 5) is 25.0. The van der Waals surface area contributed by atoms with Crippen LogP contribution in [0.3, 0.4) is 0 Å². The van der Waals surface area contributed by atoms with Crippen LogP contribution in [0.5, 0.6) is 11.5 Å². The van der Waals surface area contributed by atoms with Crippen molar-refractivity contribution >= 4 is 16.1 Å². The summed E-state index contributed by atoms with van der Waals surface area (Å²) in [6, 6.07) is 13.2. The van der Waals surface area contributed by atoms with Gasteiger partial charge < -0.3 is 13.7 Å². The van der Waals surface area contributed by atoms with Crippen molar-refractivity contribution in [1.29, 1.82) is 0 Å². The Labute approximate surface area is 178 Å². The summed E-state index contributed by atoms with van der Waals surface area (Å²) < 4.78 is 41.5. The van der Waals surface area contributed by atoms with Gasteiger partial charge in [-0.05, 0) is 49.7 Å². The van der Waals surface area contributed by atoms with Crippen LogP contribution in [0.25, 0.3) is 5.69 Å². The number of nitrogens with zero attached hydrogens (tertiary/aromatic N) is 2. The highest BCUT2D eigenvalue weighted by atomic mass is 32.2. The highest BCUT2D eigenvalue weighted by molar-refractivity contribution is 7.87. The van der Waals surface area contributed by atoms with Crippen molar-refractivity contribution in [2.45, 2.75) is 18.7 Å². The number of aromatic nitrogens is 2. The zero-order chi connectivity index (χ0) is 22.6. The Morgan fingerprint density at radius 3 is 2.39 bits per heavy atom. The fraction of sp³-hybridized carbons (Fsp3) is 0.190. The number of esters is 1. The van der Waals surface area contributed by atoms with E-state index in [0.29, 0.717) is 11.4 Å². The van der Waals surface area contributed by atoms with Gasteiger partial charge in [0.05, 0.1) is 25.5 Å². The van der Waals surface area contributed by atoms with Gasteiger partial charge in [-0.1, -0.05) is 18.2 Å². The Morgan fingerprint density at radius 2 is 1.77 bits per heavy atom. The van der Waals surface area contributed by atoms with Crippen molar-refractivity contribution in [1.82, 2.24) is 9.78 Å². The third-order valence-corrected chi connectivity index (χ3v) is 5.51.